The van der Waals surface area contributed by atoms with Crippen molar-refractivity contribution in [1.82, 2.24) is 4.90 Å². The maximum absolute atomic E-state index is 13.1. The lowest BCUT2D eigenvalue weighted by Crippen LogP contribution is -2.32. The van der Waals surface area contributed by atoms with E-state index in [2.05, 4.69) is 0 Å². The maximum atomic E-state index is 13.1. The SMILES string of the molecule is COCCN1C(=O)C(=O)/C(=C(/O)c2cc(Cl)c(OC)c(Cl)c2OC)C1c1ccc(OC(C)=O)cc1. The molecule has 1 aliphatic rings. The van der Waals surface area contributed by atoms with Gasteiger partial charge in [0.15, 0.2) is 11.5 Å². The van der Waals surface area contributed by atoms with Crippen LogP contribution in [0.3, 0.4) is 0 Å². The van der Waals surface area contributed by atoms with Crippen LogP contribution in [0, 0.1) is 0 Å². The summed E-state index contributed by atoms with van der Waals surface area (Å²) in [6.07, 6.45) is 0. The van der Waals surface area contributed by atoms with Crippen LogP contribution in [0.2, 0.25) is 10.0 Å². The molecule has 1 saturated heterocycles. The Balaban J connectivity index is 2.23. The number of nitrogens with zero attached hydrogens (tertiary/aromatic N) is 1. The number of hydrogen-bond donors (Lipinski definition) is 1. The summed E-state index contributed by atoms with van der Waals surface area (Å²) < 4.78 is 20.7. The molecular weight excluding hydrogens is 501 g/mol. The minimum absolute atomic E-state index is 0.00887. The zero-order valence-electron chi connectivity index (χ0n) is 19.4. The third kappa shape index (κ3) is 5.07. The van der Waals surface area contributed by atoms with Gasteiger partial charge < -0.3 is 29.0 Å². The number of carbonyl (C=O) groups excluding carboxylic acids is 3. The van der Waals surface area contributed by atoms with Crippen LogP contribution >= 0.6 is 23.2 Å². The third-order valence-electron chi connectivity index (χ3n) is 5.33. The summed E-state index contributed by atoms with van der Waals surface area (Å²) in [4.78, 5) is 38.6. The molecule has 186 valence electrons. The molecule has 0 aromatic heterocycles. The highest BCUT2D eigenvalue weighted by atomic mass is 35.5. The first-order valence-corrected chi connectivity index (χ1v) is 11.1. The van der Waals surface area contributed by atoms with Crippen LogP contribution in [0.5, 0.6) is 17.2 Å². The fraction of sp³-hybridized carbons (Fsp3) is 0.292. The monoisotopic (exact) mass is 523 g/mol. The molecule has 11 heteroatoms. The molecule has 35 heavy (non-hydrogen) atoms. The molecule has 1 heterocycles. The van der Waals surface area contributed by atoms with E-state index in [1.807, 2.05) is 0 Å². The molecule has 1 atom stereocenters. The molecule has 0 radical (unpaired) electrons. The van der Waals surface area contributed by atoms with E-state index >= 15 is 0 Å². The average Bonchev–Trinajstić information content (AvgIpc) is 3.07. The average molecular weight is 524 g/mol. The van der Waals surface area contributed by atoms with Gasteiger partial charge in [-0.05, 0) is 23.8 Å². The van der Waals surface area contributed by atoms with Gasteiger partial charge >= 0.3 is 5.97 Å². The van der Waals surface area contributed by atoms with Crippen LogP contribution in [0.1, 0.15) is 24.1 Å². The number of likely N-dealkylation sites (tertiary alicyclic amines) is 1. The summed E-state index contributed by atoms with van der Waals surface area (Å²) in [7, 11) is 4.16. The lowest BCUT2D eigenvalue weighted by molar-refractivity contribution is -0.140. The lowest BCUT2D eigenvalue weighted by atomic mass is 9.95. The van der Waals surface area contributed by atoms with Crippen molar-refractivity contribution < 1.29 is 38.4 Å². The summed E-state index contributed by atoms with van der Waals surface area (Å²) in [6, 6.07) is 6.59. The highest BCUT2D eigenvalue weighted by Gasteiger charge is 2.46. The third-order valence-corrected chi connectivity index (χ3v) is 5.95. The molecule has 0 aliphatic carbocycles. The van der Waals surface area contributed by atoms with E-state index in [9.17, 15) is 19.5 Å². The number of Topliss-reactive ketones (excluding diaryl/α,β-unsaturated/α-hetero) is 1. The molecule has 9 nitrogen and oxygen atoms in total. The first-order chi connectivity index (χ1) is 16.7. The van der Waals surface area contributed by atoms with Gasteiger partial charge in [-0.25, -0.2) is 0 Å². The number of amides is 1. The second kappa shape index (κ2) is 11.0. The molecule has 1 N–H and O–H groups in total. The van der Waals surface area contributed by atoms with Crippen molar-refractivity contribution in [3.63, 3.8) is 0 Å². The van der Waals surface area contributed by atoms with Gasteiger partial charge in [-0.2, -0.15) is 0 Å². The molecule has 2 aromatic rings. The van der Waals surface area contributed by atoms with Crippen molar-refractivity contribution in [3.05, 3.63) is 57.1 Å². The van der Waals surface area contributed by atoms with Gasteiger partial charge in [0.05, 0.1) is 43.0 Å². The van der Waals surface area contributed by atoms with E-state index in [1.165, 1.54) is 51.4 Å². The second-order valence-electron chi connectivity index (χ2n) is 7.43. The molecule has 1 fully saturated rings. The topological polar surface area (TPSA) is 112 Å². The first-order valence-electron chi connectivity index (χ1n) is 10.3. The number of carbonyl (C=O) groups is 3. The van der Waals surface area contributed by atoms with Crippen molar-refractivity contribution in [1.29, 1.82) is 0 Å². The van der Waals surface area contributed by atoms with E-state index in [4.69, 9.17) is 42.1 Å². The zero-order valence-corrected chi connectivity index (χ0v) is 20.9. The Labute approximate surface area is 211 Å². The zero-order chi connectivity index (χ0) is 25.9. The van der Waals surface area contributed by atoms with Gasteiger partial charge in [0.2, 0.25) is 0 Å². The molecule has 0 spiro atoms. The number of hydrogen-bond acceptors (Lipinski definition) is 8. The Bertz CT molecular complexity index is 1190. The van der Waals surface area contributed by atoms with Gasteiger partial charge in [-0.1, -0.05) is 35.3 Å². The Morgan fingerprint density at radius 3 is 2.23 bits per heavy atom. The Morgan fingerprint density at radius 1 is 1.06 bits per heavy atom. The van der Waals surface area contributed by atoms with Crippen LogP contribution in [0.15, 0.2) is 35.9 Å². The van der Waals surface area contributed by atoms with Gasteiger partial charge in [0.1, 0.15) is 16.5 Å². The molecule has 0 bridgehead atoms. The van der Waals surface area contributed by atoms with E-state index in [1.54, 1.807) is 12.1 Å². The summed E-state index contributed by atoms with van der Waals surface area (Å²) in [5, 5.41) is 11.4. The molecular formula is C24H23Cl2NO8. The van der Waals surface area contributed by atoms with Crippen molar-refractivity contribution in [3.8, 4) is 17.2 Å². The fourth-order valence-electron chi connectivity index (χ4n) is 3.82. The minimum atomic E-state index is -0.971. The number of aliphatic hydroxyl groups excluding tert-OH is 1. The number of ether oxygens (including phenoxy) is 4. The molecule has 3 rings (SSSR count). The van der Waals surface area contributed by atoms with Crippen molar-refractivity contribution >= 4 is 46.6 Å². The van der Waals surface area contributed by atoms with Gasteiger partial charge in [-0.3, -0.25) is 14.4 Å². The Hall–Kier alpha value is -3.27. The van der Waals surface area contributed by atoms with E-state index in [0.29, 0.717) is 5.56 Å². The lowest BCUT2D eigenvalue weighted by Gasteiger charge is -2.25. The standard InChI is InChI=1S/C24H23Cl2NO8/c1-12(28)35-14-7-5-13(6-8-14)19-17(21(30)24(31)27(19)9-10-32-2)20(29)15-11-16(25)23(34-4)18(26)22(15)33-3/h5-8,11,19,29H,9-10H2,1-4H3/b20-17+. The predicted molar refractivity (Wildman–Crippen MR) is 128 cm³/mol. The Kier molecular flexibility index (Phi) is 8.26. The molecule has 1 aliphatic heterocycles. The fourth-order valence-corrected chi connectivity index (χ4v) is 4.51. The van der Waals surface area contributed by atoms with Crippen LogP contribution in [0.4, 0.5) is 0 Å². The van der Waals surface area contributed by atoms with Crippen LogP contribution < -0.4 is 14.2 Å². The number of halogens is 2. The predicted octanol–water partition coefficient (Wildman–Crippen LogP) is 4.00. The summed E-state index contributed by atoms with van der Waals surface area (Å²) in [6.45, 7) is 1.50. The number of benzene rings is 2. The number of methoxy groups -OCH3 is 3. The summed E-state index contributed by atoms with van der Waals surface area (Å²) in [5.41, 5.74) is 0.305. The first kappa shape index (κ1) is 26.3. The Morgan fingerprint density at radius 2 is 1.69 bits per heavy atom. The second-order valence-corrected chi connectivity index (χ2v) is 8.22. The van der Waals surface area contributed by atoms with E-state index < -0.39 is 29.5 Å². The number of rotatable bonds is 8. The normalized spacial score (nSPS) is 17.0. The highest BCUT2D eigenvalue weighted by molar-refractivity contribution is 6.47. The van der Waals surface area contributed by atoms with Crippen LogP contribution in [-0.2, 0) is 19.1 Å². The summed E-state index contributed by atoms with van der Waals surface area (Å²) >= 11 is 12.6. The maximum Gasteiger partial charge on any atom is 0.308 e. The summed E-state index contributed by atoms with van der Waals surface area (Å²) in [5.74, 6) is -2.33. The largest absolute Gasteiger partial charge is 0.507 e. The quantitative estimate of drug-likeness (QED) is 0.181. The van der Waals surface area contributed by atoms with Crippen LogP contribution in [0.25, 0.3) is 5.76 Å². The molecule has 0 saturated carbocycles. The van der Waals surface area contributed by atoms with E-state index in [-0.39, 0.29) is 51.6 Å². The van der Waals surface area contributed by atoms with E-state index in [0.717, 1.165) is 0 Å². The smallest absolute Gasteiger partial charge is 0.308 e. The van der Waals surface area contributed by atoms with Crippen LogP contribution in [-0.4, -0.2) is 62.1 Å². The van der Waals surface area contributed by atoms with Gasteiger partial charge in [0, 0.05) is 20.6 Å². The van der Waals surface area contributed by atoms with Crippen molar-refractivity contribution in [2.75, 3.05) is 34.5 Å². The molecule has 2 aromatic carbocycles. The minimum Gasteiger partial charge on any atom is -0.507 e. The van der Waals surface area contributed by atoms with Crippen molar-refractivity contribution in [2.24, 2.45) is 0 Å². The van der Waals surface area contributed by atoms with Gasteiger partial charge in [0.25, 0.3) is 11.7 Å². The van der Waals surface area contributed by atoms with Gasteiger partial charge in [-0.15, -0.1) is 0 Å². The van der Waals surface area contributed by atoms with Crippen molar-refractivity contribution in [2.45, 2.75) is 13.0 Å². The molecule has 1 amide bonds. The highest BCUT2D eigenvalue weighted by Crippen LogP contribution is 2.47. The number of aliphatic hydroxyl groups is 1. The number of ketones is 1. The number of esters is 1. The molecule has 1 unspecified atom stereocenters.